The van der Waals surface area contributed by atoms with Crippen molar-refractivity contribution in [1.82, 2.24) is 25.1 Å². The van der Waals surface area contributed by atoms with E-state index in [-0.39, 0.29) is 6.03 Å². The third kappa shape index (κ3) is 4.45. The Morgan fingerprint density at radius 1 is 1.19 bits per heavy atom. The lowest BCUT2D eigenvalue weighted by Crippen LogP contribution is -2.31. The van der Waals surface area contributed by atoms with Crippen LogP contribution in [0.5, 0.6) is 5.75 Å². The SMILES string of the molecule is CCOc1ccc(CCNC(=O)n2nc(C)c(Cc3c[nH]c4ncccc34)c2C)cc1. The minimum Gasteiger partial charge on any atom is -0.494 e. The molecule has 7 nitrogen and oxygen atoms in total. The molecule has 4 aromatic rings. The summed E-state index contributed by atoms with van der Waals surface area (Å²) < 4.78 is 6.93. The van der Waals surface area contributed by atoms with Crippen molar-refractivity contribution in [2.45, 2.75) is 33.6 Å². The van der Waals surface area contributed by atoms with E-state index in [9.17, 15) is 4.79 Å². The van der Waals surface area contributed by atoms with Crippen LogP contribution in [0.25, 0.3) is 11.0 Å². The van der Waals surface area contributed by atoms with Crippen LogP contribution in [-0.2, 0) is 12.8 Å². The number of H-pyrrole nitrogens is 1. The maximum atomic E-state index is 12.7. The molecule has 0 radical (unpaired) electrons. The molecule has 0 saturated carbocycles. The van der Waals surface area contributed by atoms with Gasteiger partial charge in [0.1, 0.15) is 11.4 Å². The molecule has 0 atom stereocenters. The van der Waals surface area contributed by atoms with Crippen molar-refractivity contribution in [3.8, 4) is 5.75 Å². The van der Waals surface area contributed by atoms with Gasteiger partial charge in [0.2, 0.25) is 0 Å². The number of nitrogens with one attached hydrogen (secondary N) is 2. The first kappa shape index (κ1) is 20.7. The molecule has 31 heavy (non-hydrogen) atoms. The van der Waals surface area contributed by atoms with Gasteiger partial charge in [-0.05, 0) is 62.6 Å². The van der Waals surface area contributed by atoms with Crippen LogP contribution in [0.15, 0.2) is 48.8 Å². The number of aryl methyl sites for hydroxylation is 1. The van der Waals surface area contributed by atoms with Gasteiger partial charge in [0.05, 0.1) is 12.3 Å². The third-order valence-electron chi connectivity index (χ3n) is 5.46. The lowest BCUT2D eigenvalue weighted by molar-refractivity contribution is 0.239. The summed E-state index contributed by atoms with van der Waals surface area (Å²) in [4.78, 5) is 20.3. The maximum Gasteiger partial charge on any atom is 0.342 e. The van der Waals surface area contributed by atoms with Gasteiger partial charge in [0, 0.05) is 42.0 Å². The Balaban J connectivity index is 1.41. The first-order valence-electron chi connectivity index (χ1n) is 10.5. The normalized spacial score (nSPS) is 11.1. The van der Waals surface area contributed by atoms with Gasteiger partial charge in [-0.15, -0.1) is 0 Å². The van der Waals surface area contributed by atoms with Crippen LogP contribution in [0.1, 0.15) is 35.0 Å². The van der Waals surface area contributed by atoms with Crippen molar-refractivity contribution in [2.24, 2.45) is 0 Å². The fourth-order valence-corrected chi connectivity index (χ4v) is 3.79. The van der Waals surface area contributed by atoms with E-state index in [0.717, 1.165) is 51.3 Å². The molecule has 0 aliphatic carbocycles. The zero-order chi connectivity index (χ0) is 21.8. The van der Waals surface area contributed by atoms with Crippen LogP contribution in [-0.4, -0.2) is 38.9 Å². The maximum absolute atomic E-state index is 12.7. The van der Waals surface area contributed by atoms with E-state index in [0.29, 0.717) is 19.6 Å². The first-order valence-corrected chi connectivity index (χ1v) is 10.5. The summed E-state index contributed by atoms with van der Waals surface area (Å²) in [5.41, 5.74) is 5.93. The second kappa shape index (κ2) is 9.04. The molecule has 0 saturated heterocycles. The standard InChI is InChI=1S/C24H27N5O2/c1-4-31-20-9-7-18(8-10-20)11-13-26-24(30)29-17(3)22(16(2)28-29)14-19-15-27-23-21(19)6-5-12-25-23/h5-10,12,15H,4,11,13-14H2,1-3H3,(H,25,27)(H,26,30). The topological polar surface area (TPSA) is 84.8 Å². The van der Waals surface area contributed by atoms with E-state index in [1.807, 2.05) is 57.3 Å². The number of rotatable bonds is 7. The van der Waals surface area contributed by atoms with E-state index in [1.54, 1.807) is 6.20 Å². The van der Waals surface area contributed by atoms with Crippen LogP contribution in [0, 0.1) is 13.8 Å². The van der Waals surface area contributed by atoms with Gasteiger partial charge in [-0.2, -0.15) is 9.78 Å². The van der Waals surface area contributed by atoms with Crippen molar-refractivity contribution < 1.29 is 9.53 Å². The third-order valence-corrected chi connectivity index (χ3v) is 5.46. The Hall–Kier alpha value is -3.61. The number of ether oxygens (including phenoxy) is 1. The predicted octanol–water partition coefficient (Wildman–Crippen LogP) is 4.17. The number of hydrogen-bond donors (Lipinski definition) is 2. The Labute approximate surface area is 181 Å². The zero-order valence-corrected chi connectivity index (χ0v) is 18.1. The van der Waals surface area contributed by atoms with Crippen LogP contribution >= 0.6 is 0 Å². The summed E-state index contributed by atoms with van der Waals surface area (Å²) in [7, 11) is 0. The van der Waals surface area contributed by atoms with Gasteiger partial charge in [-0.1, -0.05) is 12.1 Å². The highest BCUT2D eigenvalue weighted by Crippen LogP contribution is 2.23. The first-order chi connectivity index (χ1) is 15.1. The molecule has 4 rings (SSSR count). The van der Waals surface area contributed by atoms with E-state index in [4.69, 9.17) is 4.74 Å². The number of fused-ring (bicyclic) bond motifs is 1. The molecule has 0 bridgehead atoms. The van der Waals surface area contributed by atoms with Crippen molar-refractivity contribution in [2.75, 3.05) is 13.2 Å². The molecule has 3 heterocycles. The quantitative estimate of drug-likeness (QED) is 0.473. The van der Waals surface area contributed by atoms with Crippen LogP contribution in [0.2, 0.25) is 0 Å². The molecular formula is C24H27N5O2. The summed E-state index contributed by atoms with van der Waals surface area (Å²) in [6.07, 6.45) is 5.19. The van der Waals surface area contributed by atoms with Crippen molar-refractivity contribution in [3.05, 3.63) is 76.9 Å². The summed E-state index contributed by atoms with van der Waals surface area (Å²) >= 11 is 0. The average Bonchev–Trinajstić information content (AvgIpc) is 3.31. The average molecular weight is 418 g/mol. The number of aromatic amines is 1. The molecule has 0 aliphatic heterocycles. The van der Waals surface area contributed by atoms with Gasteiger partial charge in [-0.25, -0.2) is 9.78 Å². The van der Waals surface area contributed by atoms with Crippen LogP contribution in [0.4, 0.5) is 4.79 Å². The second-order valence-corrected chi connectivity index (χ2v) is 7.51. The Morgan fingerprint density at radius 2 is 2.00 bits per heavy atom. The summed E-state index contributed by atoms with van der Waals surface area (Å²) in [5, 5.41) is 8.55. The summed E-state index contributed by atoms with van der Waals surface area (Å²) in [5.74, 6) is 0.858. The number of carbonyl (C=O) groups is 1. The number of carbonyl (C=O) groups excluding carboxylic acids is 1. The van der Waals surface area contributed by atoms with Gasteiger partial charge < -0.3 is 15.0 Å². The largest absolute Gasteiger partial charge is 0.494 e. The number of benzene rings is 1. The number of pyridine rings is 1. The molecule has 2 N–H and O–H groups in total. The van der Waals surface area contributed by atoms with Crippen molar-refractivity contribution in [3.63, 3.8) is 0 Å². The molecular weight excluding hydrogens is 390 g/mol. The smallest absolute Gasteiger partial charge is 0.342 e. The van der Waals surface area contributed by atoms with E-state index < -0.39 is 0 Å². The predicted molar refractivity (Wildman–Crippen MR) is 121 cm³/mol. The fourth-order valence-electron chi connectivity index (χ4n) is 3.79. The van der Waals surface area contributed by atoms with Crippen LogP contribution < -0.4 is 10.1 Å². The summed E-state index contributed by atoms with van der Waals surface area (Å²) in [6, 6.07) is 11.7. The van der Waals surface area contributed by atoms with Crippen LogP contribution in [0.3, 0.4) is 0 Å². The highest BCUT2D eigenvalue weighted by Gasteiger charge is 2.18. The Kier molecular flexibility index (Phi) is 6.02. The van der Waals surface area contributed by atoms with Gasteiger partial charge in [0.15, 0.2) is 0 Å². The van der Waals surface area contributed by atoms with E-state index >= 15 is 0 Å². The molecule has 1 aromatic carbocycles. The van der Waals surface area contributed by atoms with Gasteiger partial charge in [-0.3, -0.25) is 0 Å². The van der Waals surface area contributed by atoms with E-state index in [1.165, 1.54) is 4.68 Å². The minimum absolute atomic E-state index is 0.210. The van der Waals surface area contributed by atoms with Gasteiger partial charge in [0.25, 0.3) is 0 Å². The fraction of sp³-hybridized carbons (Fsp3) is 0.292. The lowest BCUT2D eigenvalue weighted by atomic mass is 10.0. The molecule has 0 spiro atoms. The zero-order valence-electron chi connectivity index (χ0n) is 18.1. The molecule has 7 heteroatoms. The highest BCUT2D eigenvalue weighted by molar-refractivity contribution is 5.80. The highest BCUT2D eigenvalue weighted by atomic mass is 16.5. The second-order valence-electron chi connectivity index (χ2n) is 7.51. The van der Waals surface area contributed by atoms with E-state index in [2.05, 4.69) is 26.4 Å². The molecule has 0 fully saturated rings. The number of aromatic nitrogens is 4. The number of nitrogens with zero attached hydrogens (tertiary/aromatic N) is 3. The number of hydrogen-bond acceptors (Lipinski definition) is 4. The Bertz CT molecular complexity index is 1190. The molecule has 0 unspecified atom stereocenters. The molecule has 3 aromatic heterocycles. The lowest BCUT2D eigenvalue weighted by Gasteiger charge is -2.08. The minimum atomic E-state index is -0.210. The van der Waals surface area contributed by atoms with Gasteiger partial charge >= 0.3 is 6.03 Å². The number of amides is 1. The monoisotopic (exact) mass is 417 g/mol. The van der Waals surface area contributed by atoms with Crippen molar-refractivity contribution in [1.29, 1.82) is 0 Å². The molecule has 1 amide bonds. The van der Waals surface area contributed by atoms with Crippen molar-refractivity contribution >= 4 is 17.1 Å². The Morgan fingerprint density at radius 3 is 2.77 bits per heavy atom. The molecule has 0 aliphatic rings. The summed E-state index contributed by atoms with van der Waals surface area (Å²) in [6.45, 7) is 7.03. The molecule has 160 valence electrons.